The lowest BCUT2D eigenvalue weighted by Crippen LogP contribution is -2.13. The number of pyridine rings is 1. The first kappa shape index (κ1) is 22.0. The van der Waals surface area contributed by atoms with E-state index in [1.807, 2.05) is 7.05 Å². The van der Waals surface area contributed by atoms with Gasteiger partial charge < -0.3 is 26.3 Å². The lowest BCUT2D eigenvalue weighted by Gasteiger charge is -2.19. The molecule has 31 heavy (non-hydrogen) atoms. The van der Waals surface area contributed by atoms with Crippen LogP contribution in [0.25, 0.3) is 11.1 Å². The summed E-state index contributed by atoms with van der Waals surface area (Å²) in [5.74, 6) is -0.340. The quantitative estimate of drug-likeness (QED) is 0.489. The molecule has 5 N–H and O–H groups in total. The number of rotatable bonds is 7. The van der Waals surface area contributed by atoms with Crippen LogP contribution >= 0.6 is 0 Å². The van der Waals surface area contributed by atoms with Crippen LogP contribution in [0.4, 0.5) is 16.0 Å². The number of hydrogen-bond acceptors (Lipinski definition) is 8. The Morgan fingerprint density at radius 3 is 2.71 bits per heavy atom. The molecule has 0 fully saturated rings. The number of hydrogen-bond donors (Lipinski definition) is 3. The summed E-state index contributed by atoms with van der Waals surface area (Å²) in [4.78, 5) is 16.3. The summed E-state index contributed by atoms with van der Waals surface area (Å²) in [6, 6.07) is 5.47. The molecule has 0 amide bonds. The Morgan fingerprint density at radius 1 is 1.29 bits per heavy atom. The lowest BCUT2D eigenvalue weighted by molar-refractivity contribution is 0.0595. The number of nitrogens with one attached hydrogen (secondary N) is 1. The maximum absolute atomic E-state index is 13.9. The van der Waals surface area contributed by atoms with Gasteiger partial charge in [0.25, 0.3) is 0 Å². The van der Waals surface area contributed by atoms with Gasteiger partial charge in [-0.2, -0.15) is 5.10 Å². The Labute approximate surface area is 179 Å². The third-order valence-electron chi connectivity index (χ3n) is 4.87. The van der Waals surface area contributed by atoms with E-state index in [2.05, 4.69) is 15.4 Å². The van der Waals surface area contributed by atoms with E-state index in [0.717, 1.165) is 5.69 Å². The van der Waals surface area contributed by atoms with E-state index in [9.17, 15) is 9.18 Å². The van der Waals surface area contributed by atoms with Gasteiger partial charge in [0.1, 0.15) is 11.9 Å². The Hall–Kier alpha value is -3.66. The highest BCUT2D eigenvalue weighted by atomic mass is 19.1. The lowest BCUT2D eigenvalue weighted by atomic mass is 10.0. The van der Waals surface area contributed by atoms with Crippen LogP contribution in [0.1, 0.15) is 34.6 Å². The number of carbonyl (C=O) groups excluding carboxylic acids is 1. The average Bonchev–Trinajstić information content (AvgIpc) is 3.02. The smallest absolute Gasteiger partial charge is 0.338 e. The Kier molecular flexibility index (Phi) is 6.40. The van der Waals surface area contributed by atoms with Gasteiger partial charge in [-0.1, -0.05) is 0 Å². The first-order valence-electron chi connectivity index (χ1n) is 9.53. The fourth-order valence-electron chi connectivity index (χ4n) is 3.37. The number of ether oxygens (including phenoxy) is 2. The summed E-state index contributed by atoms with van der Waals surface area (Å²) >= 11 is 0. The molecule has 0 bridgehead atoms. The number of nitrogen functional groups attached to an aromatic ring is 2. The summed E-state index contributed by atoms with van der Waals surface area (Å²) in [6.07, 6.45) is 0.869. The van der Waals surface area contributed by atoms with Crippen LogP contribution < -0.4 is 21.5 Å². The van der Waals surface area contributed by atoms with Crippen LogP contribution in [0.2, 0.25) is 0 Å². The van der Waals surface area contributed by atoms with Crippen LogP contribution in [0.3, 0.4) is 0 Å². The summed E-state index contributed by atoms with van der Waals surface area (Å²) < 4.78 is 26.3. The molecule has 1 atom stereocenters. The standard InChI is InChI=1S/C21H25FN6O3/c1-11(15-8-13(22)5-6-14(15)21(29)30-4)31-17-7-12(9-26-19(17)23)18-16(10-25-2)28(3)27-20(18)24/h5-9,11,25H,10H2,1-4H3,(H2,23,26)(H2,24,27)/t11-/m1/s1. The second-order valence-electron chi connectivity index (χ2n) is 6.95. The van der Waals surface area contributed by atoms with Crippen molar-refractivity contribution in [3.8, 4) is 16.9 Å². The van der Waals surface area contributed by atoms with Gasteiger partial charge in [0.05, 0.1) is 18.4 Å². The van der Waals surface area contributed by atoms with Gasteiger partial charge in [0.15, 0.2) is 17.4 Å². The van der Waals surface area contributed by atoms with Crippen molar-refractivity contribution in [1.82, 2.24) is 20.1 Å². The summed E-state index contributed by atoms with van der Waals surface area (Å²) in [7, 11) is 4.88. The van der Waals surface area contributed by atoms with Crippen LogP contribution in [-0.4, -0.2) is 34.9 Å². The Balaban J connectivity index is 2.00. The second-order valence-corrected chi connectivity index (χ2v) is 6.95. The zero-order valence-corrected chi connectivity index (χ0v) is 17.8. The number of aromatic nitrogens is 3. The predicted molar refractivity (Wildman–Crippen MR) is 115 cm³/mol. The molecule has 0 unspecified atom stereocenters. The fraction of sp³-hybridized carbons (Fsp3) is 0.286. The number of halogens is 1. The highest BCUT2D eigenvalue weighted by Crippen LogP contribution is 2.35. The van der Waals surface area contributed by atoms with Crippen molar-refractivity contribution >= 4 is 17.6 Å². The number of esters is 1. The van der Waals surface area contributed by atoms with Gasteiger partial charge in [0, 0.05) is 36.5 Å². The van der Waals surface area contributed by atoms with Gasteiger partial charge in [0.2, 0.25) is 0 Å². The van der Waals surface area contributed by atoms with E-state index in [1.54, 1.807) is 30.9 Å². The first-order chi connectivity index (χ1) is 14.8. The molecule has 0 aliphatic carbocycles. The SMILES string of the molecule is CNCc1c(-c2cnc(N)c(O[C@H](C)c3cc(F)ccc3C(=O)OC)c2)c(N)nn1C. The molecular weight excluding hydrogens is 403 g/mol. The van der Waals surface area contributed by atoms with Gasteiger partial charge in [-0.15, -0.1) is 0 Å². The van der Waals surface area contributed by atoms with Crippen molar-refractivity contribution in [3.05, 3.63) is 53.1 Å². The first-order valence-corrected chi connectivity index (χ1v) is 9.53. The minimum atomic E-state index is -0.716. The maximum Gasteiger partial charge on any atom is 0.338 e. The molecule has 3 rings (SSSR count). The molecule has 0 saturated carbocycles. The van der Waals surface area contributed by atoms with Crippen LogP contribution in [0, 0.1) is 5.82 Å². The molecule has 2 heterocycles. The molecule has 2 aromatic heterocycles. The third-order valence-corrected chi connectivity index (χ3v) is 4.87. The third kappa shape index (κ3) is 4.43. The summed E-state index contributed by atoms with van der Waals surface area (Å²) in [5.41, 5.74) is 14.9. The minimum Gasteiger partial charge on any atom is -0.482 e. The van der Waals surface area contributed by atoms with Crippen molar-refractivity contribution in [2.24, 2.45) is 7.05 Å². The molecule has 0 saturated heterocycles. The number of aryl methyl sites for hydroxylation is 1. The molecule has 164 valence electrons. The van der Waals surface area contributed by atoms with E-state index in [0.29, 0.717) is 29.1 Å². The zero-order valence-electron chi connectivity index (χ0n) is 17.8. The zero-order chi connectivity index (χ0) is 22.7. The van der Waals surface area contributed by atoms with Crippen molar-refractivity contribution in [2.45, 2.75) is 19.6 Å². The monoisotopic (exact) mass is 428 g/mol. The van der Waals surface area contributed by atoms with Crippen LogP contribution in [-0.2, 0) is 18.3 Å². The Morgan fingerprint density at radius 2 is 2.03 bits per heavy atom. The van der Waals surface area contributed by atoms with Crippen molar-refractivity contribution in [3.63, 3.8) is 0 Å². The van der Waals surface area contributed by atoms with Gasteiger partial charge >= 0.3 is 5.97 Å². The van der Waals surface area contributed by atoms with E-state index < -0.39 is 17.9 Å². The van der Waals surface area contributed by atoms with Gasteiger partial charge in [-0.3, -0.25) is 4.68 Å². The Bertz CT molecular complexity index is 1110. The van der Waals surface area contributed by atoms with E-state index in [1.165, 1.54) is 25.3 Å². The van der Waals surface area contributed by atoms with E-state index in [4.69, 9.17) is 20.9 Å². The molecule has 0 aliphatic rings. The molecule has 0 aliphatic heterocycles. The molecule has 0 radical (unpaired) electrons. The summed E-state index contributed by atoms with van der Waals surface area (Å²) in [6.45, 7) is 2.22. The van der Waals surface area contributed by atoms with Gasteiger partial charge in [-0.05, 0) is 38.2 Å². The van der Waals surface area contributed by atoms with Gasteiger partial charge in [-0.25, -0.2) is 14.2 Å². The van der Waals surface area contributed by atoms with Crippen molar-refractivity contribution in [1.29, 1.82) is 0 Å². The number of carbonyl (C=O) groups is 1. The fourth-order valence-corrected chi connectivity index (χ4v) is 3.37. The van der Waals surface area contributed by atoms with Crippen molar-refractivity contribution in [2.75, 3.05) is 25.6 Å². The molecule has 1 aromatic carbocycles. The number of benzene rings is 1. The number of methoxy groups -OCH3 is 1. The van der Waals surface area contributed by atoms with Crippen molar-refractivity contribution < 1.29 is 18.7 Å². The predicted octanol–water partition coefficient (Wildman–Crippen LogP) is 2.43. The largest absolute Gasteiger partial charge is 0.482 e. The molecule has 10 heteroatoms. The second kappa shape index (κ2) is 9.00. The number of nitrogens with zero attached hydrogens (tertiary/aromatic N) is 3. The van der Waals surface area contributed by atoms with E-state index in [-0.39, 0.29) is 17.1 Å². The topological polar surface area (TPSA) is 130 Å². The van der Waals surface area contributed by atoms with E-state index >= 15 is 0 Å². The number of anilines is 2. The van der Waals surface area contributed by atoms with Crippen LogP contribution in [0.5, 0.6) is 5.75 Å². The minimum absolute atomic E-state index is 0.143. The van der Waals surface area contributed by atoms with Crippen LogP contribution in [0.15, 0.2) is 30.5 Å². The molecule has 9 nitrogen and oxygen atoms in total. The molecule has 0 spiro atoms. The summed E-state index contributed by atoms with van der Waals surface area (Å²) in [5, 5.41) is 7.36. The molecule has 3 aromatic rings. The normalized spacial score (nSPS) is 11.9. The number of nitrogens with two attached hydrogens (primary N) is 2. The highest BCUT2D eigenvalue weighted by Gasteiger charge is 2.22. The maximum atomic E-state index is 13.9. The molecular formula is C21H25FN6O3. The highest BCUT2D eigenvalue weighted by molar-refractivity contribution is 5.91. The average molecular weight is 428 g/mol.